The number of amides is 1. The molecule has 24 heavy (non-hydrogen) atoms. The van der Waals surface area contributed by atoms with E-state index < -0.39 is 5.91 Å². The molecule has 0 fully saturated rings. The van der Waals surface area contributed by atoms with Gasteiger partial charge in [0, 0.05) is 24.5 Å². The van der Waals surface area contributed by atoms with E-state index in [1.165, 1.54) is 0 Å². The SMILES string of the molecule is CN=C(NCc1cccc(C(N)=O)c1)NCc1nc(C(C)C)cs1. The van der Waals surface area contributed by atoms with Crippen LogP contribution in [0.4, 0.5) is 0 Å². The molecule has 0 aliphatic carbocycles. The second-order valence-electron chi connectivity index (χ2n) is 5.66. The normalized spacial score (nSPS) is 11.6. The smallest absolute Gasteiger partial charge is 0.248 e. The minimum absolute atomic E-state index is 0.427. The average molecular weight is 345 g/mol. The van der Waals surface area contributed by atoms with Crippen molar-refractivity contribution >= 4 is 23.2 Å². The highest BCUT2D eigenvalue weighted by atomic mass is 32.1. The number of carbonyl (C=O) groups is 1. The molecule has 1 amide bonds. The summed E-state index contributed by atoms with van der Waals surface area (Å²) in [5, 5.41) is 9.57. The number of nitrogens with one attached hydrogen (secondary N) is 2. The molecule has 128 valence electrons. The molecule has 0 saturated heterocycles. The summed E-state index contributed by atoms with van der Waals surface area (Å²) >= 11 is 1.64. The Hall–Kier alpha value is -2.41. The van der Waals surface area contributed by atoms with Crippen molar-refractivity contribution in [1.82, 2.24) is 15.6 Å². The second-order valence-corrected chi connectivity index (χ2v) is 6.61. The molecule has 1 aromatic heterocycles. The number of nitrogens with two attached hydrogens (primary N) is 1. The summed E-state index contributed by atoms with van der Waals surface area (Å²) in [6.45, 7) is 5.44. The molecular weight excluding hydrogens is 322 g/mol. The van der Waals surface area contributed by atoms with Crippen molar-refractivity contribution in [1.29, 1.82) is 0 Å². The third-order valence-corrected chi connectivity index (χ3v) is 4.33. The van der Waals surface area contributed by atoms with Crippen molar-refractivity contribution in [2.75, 3.05) is 7.05 Å². The first-order valence-corrected chi connectivity index (χ1v) is 8.65. The van der Waals surface area contributed by atoms with Crippen LogP contribution in [0.1, 0.15) is 46.4 Å². The first-order chi connectivity index (χ1) is 11.5. The van der Waals surface area contributed by atoms with E-state index in [0.717, 1.165) is 16.3 Å². The van der Waals surface area contributed by atoms with Crippen molar-refractivity contribution in [3.8, 4) is 0 Å². The van der Waals surface area contributed by atoms with Gasteiger partial charge in [-0.15, -0.1) is 11.3 Å². The Bertz CT molecular complexity index is 723. The highest BCUT2D eigenvalue weighted by Crippen LogP contribution is 2.17. The van der Waals surface area contributed by atoms with E-state index in [9.17, 15) is 4.79 Å². The van der Waals surface area contributed by atoms with Gasteiger partial charge in [0.1, 0.15) is 5.01 Å². The van der Waals surface area contributed by atoms with Gasteiger partial charge in [0.15, 0.2) is 5.96 Å². The Labute approximate surface area is 146 Å². The standard InChI is InChI=1S/C17H23N5OS/c1-11(2)14-10-24-15(22-14)9-21-17(19-3)20-8-12-5-4-6-13(7-12)16(18)23/h4-7,10-11H,8-9H2,1-3H3,(H2,18,23)(H2,19,20,21). The minimum atomic E-state index is -0.427. The summed E-state index contributed by atoms with van der Waals surface area (Å²) in [6.07, 6.45) is 0. The van der Waals surface area contributed by atoms with Gasteiger partial charge < -0.3 is 16.4 Å². The fourth-order valence-electron chi connectivity index (χ4n) is 2.07. The molecule has 1 heterocycles. The predicted molar refractivity (Wildman–Crippen MR) is 98.2 cm³/mol. The molecule has 0 aliphatic rings. The summed E-state index contributed by atoms with van der Waals surface area (Å²) < 4.78 is 0. The van der Waals surface area contributed by atoms with Crippen LogP contribution < -0.4 is 16.4 Å². The highest BCUT2D eigenvalue weighted by molar-refractivity contribution is 7.09. The zero-order valence-corrected chi connectivity index (χ0v) is 15.0. The third kappa shape index (κ3) is 5.06. The number of rotatable bonds is 6. The Morgan fingerprint density at radius 1 is 1.33 bits per heavy atom. The quantitative estimate of drug-likeness (QED) is 0.553. The Balaban J connectivity index is 1.88. The van der Waals surface area contributed by atoms with Crippen molar-refractivity contribution < 1.29 is 4.79 Å². The van der Waals surface area contributed by atoms with Crippen molar-refractivity contribution in [3.05, 3.63) is 51.5 Å². The number of thiazole rings is 1. The second kappa shape index (κ2) is 8.44. The van der Waals surface area contributed by atoms with Crippen LogP contribution in [0.5, 0.6) is 0 Å². The van der Waals surface area contributed by atoms with E-state index in [-0.39, 0.29) is 0 Å². The Morgan fingerprint density at radius 2 is 2.08 bits per heavy atom. The van der Waals surface area contributed by atoms with Gasteiger partial charge in [0.25, 0.3) is 0 Å². The van der Waals surface area contributed by atoms with E-state index >= 15 is 0 Å². The zero-order chi connectivity index (χ0) is 17.5. The lowest BCUT2D eigenvalue weighted by atomic mass is 10.1. The molecule has 0 saturated carbocycles. The van der Waals surface area contributed by atoms with Gasteiger partial charge in [-0.05, 0) is 23.6 Å². The van der Waals surface area contributed by atoms with E-state index in [4.69, 9.17) is 5.73 Å². The van der Waals surface area contributed by atoms with Crippen LogP contribution in [0, 0.1) is 0 Å². The number of carbonyl (C=O) groups excluding carboxylic acids is 1. The zero-order valence-electron chi connectivity index (χ0n) is 14.2. The topological polar surface area (TPSA) is 92.4 Å². The minimum Gasteiger partial charge on any atom is -0.366 e. The number of guanidine groups is 1. The van der Waals surface area contributed by atoms with Gasteiger partial charge in [0.2, 0.25) is 5.91 Å². The monoisotopic (exact) mass is 345 g/mol. The van der Waals surface area contributed by atoms with E-state index in [0.29, 0.717) is 30.5 Å². The first-order valence-electron chi connectivity index (χ1n) is 7.77. The lowest BCUT2D eigenvalue weighted by Crippen LogP contribution is -2.36. The lowest BCUT2D eigenvalue weighted by Gasteiger charge is -2.11. The molecule has 0 bridgehead atoms. The van der Waals surface area contributed by atoms with Gasteiger partial charge in [-0.25, -0.2) is 4.98 Å². The number of hydrogen-bond donors (Lipinski definition) is 3. The number of benzene rings is 1. The summed E-state index contributed by atoms with van der Waals surface area (Å²) in [4.78, 5) is 20.0. The van der Waals surface area contributed by atoms with Crippen molar-refractivity contribution in [2.24, 2.45) is 10.7 Å². The fraction of sp³-hybridized carbons (Fsp3) is 0.353. The molecular formula is C17H23N5OS. The first kappa shape index (κ1) is 17.9. The van der Waals surface area contributed by atoms with Gasteiger partial charge in [-0.1, -0.05) is 26.0 Å². The molecule has 0 unspecified atom stereocenters. The molecule has 6 nitrogen and oxygen atoms in total. The van der Waals surface area contributed by atoms with Crippen LogP contribution in [0.2, 0.25) is 0 Å². The van der Waals surface area contributed by atoms with Gasteiger partial charge in [-0.3, -0.25) is 9.79 Å². The van der Waals surface area contributed by atoms with Crippen molar-refractivity contribution in [2.45, 2.75) is 32.9 Å². The molecule has 0 spiro atoms. The predicted octanol–water partition coefficient (Wildman–Crippen LogP) is 2.23. The molecule has 4 N–H and O–H groups in total. The summed E-state index contributed by atoms with van der Waals surface area (Å²) in [5.41, 5.74) is 7.88. The highest BCUT2D eigenvalue weighted by Gasteiger charge is 2.07. The van der Waals surface area contributed by atoms with Crippen LogP contribution in [0.3, 0.4) is 0 Å². The number of aromatic nitrogens is 1. The van der Waals surface area contributed by atoms with E-state index in [1.807, 2.05) is 12.1 Å². The molecule has 0 atom stereocenters. The van der Waals surface area contributed by atoms with Crippen LogP contribution in [-0.4, -0.2) is 23.9 Å². The third-order valence-electron chi connectivity index (χ3n) is 3.46. The van der Waals surface area contributed by atoms with Gasteiger partial charge in [-0.2, -0.15) is 0 Å². The number of aliphatic imine (C=N–C) groups is 1. The van der Waals surface area contributed by atoms with E-state index in [2.05, 4.69) is 39.8 Å². The van der Waals surface area contributed by atoms with Crippen LogP contribution in [0.15, 0.2) is 34.6 Å². The molecule has 7 heteroatoms. The molecule has 0 aliphatic heterocycles. The Morgan fingerprint density at radius 3 is 2.71 bits per heavy atom. The molecule has 2 rings (SSSR count). The fourth-order valence-corrected chi connectivity index (χ4v) is 2.97. The summed E-state index contributed by atoms with van der Waals surface area (Å²) in [5.74, 6) is 0.690. The summed E-state index contributed by atoms with van der Waals surface area (Å²) in [6, 6.07) is 7.23. The molecule has 2 aromatic rings. The largest absolute Gasteiger partial charge is 0.366 e. The maximum atomic E-state index is 11.2. The molecule has 1 aromatic carbocycles. The van der Waals surface area contributed by atoms with Crippen molar-refractivity contribution in [3.63, 3.8) is 0 Å². The van der Waals surface area contributed by atoms with E-state index in [1.54, 1.807) is 30.5 Å². The van der Waals surface area contributed by atoms with Crippen LogP contribution >= 0.6 is 11.3 Å². The van der Waals surface area contributed by atoms with Crippen LogP contribution in [-0.2, 0) is 13.1 Å². The summed E-state index contributed by atoms with van der Waals surface area (Å²) in [7, 11) is 1.72. The van der Waals surface area contributed by atoms with Crippen LogP contribution in [0.25, 0.3) is 0 Å². The maximum absolute atomic E-state index is 11.2. The maximum Gasteiger partial charge on any atom is 0.248 e. The lowest BCUT2D eigenvalue weighted by molar-refractivity contribution is 0.1000. The number of nitrogens with zero attached hydrogens (tertiary/aromatic N) is 2. The number of hydrogen-bond acceptors (Lipinski definition) is 4. The van der Waals surface area contributed by atoms with Gasteiger partial charge >= 0.3 is 0 Å². The molecule has 0 radical (unpaired) electrons. The number of primary amides is 1. The average Bonchev–Trinajstić information content (AvgIpc) is 3.04. The van der Waals surface area contributed by atoms with Gasteiger partial charge in [0.05, 0.1) is 12.2 Å². The Kier molecular flexibility index (Phi) is 6.31.